The van der Waals surface area contributed by atoms with Gasteiger partial charge in [-0.15, -0.1) is 0 Å². The topological polar surface area (TPSA) is 117 Å². The van der Waals surface area contributed by atoms with E-state index in [4.69, 9.17) is 14.2 Å². The molecule has 0 radical (unpaired) electrons. The predicted molar refractivity (Wildman–Crippen MR) is 166 cm³/mol. The highest BCUT2D eigenvalue weighted by atomic mass is 19.3. The van der Waals surface area contributed by atoms with Crippen LogP contribution < -0.4 is 24.8 Å². The number of fused-ring (bicyclic) bond motifs is 2. The van der Waals surface area contributed by atoms with E-state index in [1.165, 1.54) is 0 Å². The summed E-state index contributed by atoms with van der Waals surface area (Å²) in [5.74, 6) is -3.70. The lowest BCUT2D eigenvalue weighted by atomic mass is 10.0. The number of ether oxygens (including phenoxy) is 3. The molecule has 46 heavy (non-hydrogen) atoms. The summed E-state index contributed by atoms with van der Waals surface area (Å²) >= 11 is 0. The molecular formula is C34H31F2N5O5. The van der Waals surface area contributed by atoms with E-state index in [9.17, 15) is 18.4 Å². The number of hydrogen-bond donors (Lipinski definition) is 2. The largest absolute Gasteiger partial charge is 0.486 e. The maximum Gasteiger partial charge on any atom is 0.321 e. The van der Waals surface area contributed by atoms with E-state index in [2.05, 4.69) is 20.7 Å². The molecule has 12 heteroatoms. The van der Waals surface area contributed by atoms with Gasteiger partial charge in [-0.3, -0.25) is 14.6 Å². The Hall–Kier alpha value is -5.52. The van der Waals surface area contributed by atoms with Gasteiger partial charge in [0.1, 0.15) is 25.1 Å². The smallest absolute Gasteiger partial charge is 0.321 e. The van der Waals surface area contributed by atoms with Crippen LogP contribution in [0.25, 0.3) is 16.6 Å². The van der Waals surface area contributed by atoms with Gasteiger partial charge >= 0.3 is 5.92 Å². The average molecular weight is 628 g/mol. The molecule has 10 nitrogen and oxygen atoms in total. The first-order valence-electron chi connectivity index (χ1n) is 14.7. The summed E-state index contributed by atoms with van der Waals surface area (Å²) in [5, 5.41) is 10.6. The highest BCUT2D eigenvalue weighted by Crippen LogP contribution is 2.36. The van der Waals surface area contributed by atoms with Gasteiger partial charge in [0.15, 0.2) is 11.5 Å². The minimum atomic E-state index is -3.56. The van der Waals surface area contributed by atoms with Crippen LogP contribution in [0, 0.1) is 0 Å². The number of carbonyl (C=O) groups excluding carboxylic acids is 2. The number of benzene rings is 3. The molecule has 0 saturated heterocycles. The summed E-state index contributed by atoms with van der Waals surface area (Å²) in [6.45, 7) is 3.28. The summed E-state index contributed by atoms with van der Waals surface area (Å²) in [6, 6.07) is 20.5. The third kappa shape index (κ3) is 6.75. The first-order valence-corrected chi connectivity index (χ1v) is 14.7. The van der Waals surface area contributed by atoms with Crippen LogP contribution in [0.15, 0.2) is 91.4 Å². The van der Waals surface area contributed by atoms with Crippen molar-refractivity contribution < 1.29 is 32.6 Å². The molecule has 2 amide bonds. The van der Waals surface area contributed by atoms with E-state index in [1.54, 1.807) is 78.7 Å². The molecular weight excluding hydrogens is 596 g/mol. The zero-order chi connectivity index (χ0) is 32.3. The van der Waals surface area contributed by atoms with Gasteiger partial charge in [0.25, 0.3) is 11.8 Å². The molecule has 0 unspecified atom stereocenters. The number of pyridine rings is 1. The number of halogens is 2. The van der Waals surface area contributed by atoms with Crippen molar-refractivity contribution in [2.75, 3.05) is 13.2 Å². The molecule has 0 bridgehead atoms. The summed E-state index contributed by atoms with van der Waals surface area (Å²) in [5.41, 5.74) is 3.40. The fraction of sp³-hybridized carbons (Fsp3) is 0.235. The molecule has 2 N–H and O–H groups in total. The molecule has 3 aromatic carbocycles. The van der Waals surface area contributed by atoms with Crippen LogP contribution in [0.5, 0.6) is 17.2 Å². The van der Waals surface area contributed by atoms with E-state index < -0.39 is 24.0 Å². The van der Waals surface area contributed by atoms with Crippen molar-refractivity contribution in [3.63, 3.8) is 0 Å². The molecule has 1 aliphatic heterocycles. The summed E-state index contributed by atoms with van der Waals surface area (Å²) in [7, 11) is 0. The summed E-state index contributed by atoms with van der Waals surface area (Å²) < 4.78 is 46.9. The zero-order valence-electron chi connectivity index (χ0n) is 25.1. The molecule has 1 aliphatic rings. The average Bonchev–Trinajstić information content (AvgIpc) is 3.49. The van der Waals surface area contributed by atoms with Crippen LogP contribution in [0.2, 0.25) is 0 Å². The number of aromatic nitrogens is 3. The lowest BCUT2D eigenvalue weighted by molar-refractivity contribution is -0.144. The number of alkyl halides is 2. The van der Waals surface area contributed by atoms with Gasteiger partial charge in [-0.25, -0.2) is 4.68 Å². The molecule has 0 saturated carbocycles. The SMILES string of the molecule is C[C@H](NC(=O)C(C)(F)F)[C@H](Oc1ccc2c(cnn2-c2cccc(C(=O)NCc3cccnc3)c2)c1)c1ccc2c(c1)OCCO2. The lowest BCUT2D eigenvalue weighted by Crippen LogP contribution is -2.46. The van der Waals surface area contributed by atoms with Gasteiger partial charge < -0.3 is 24.8 Å². The number of rotatable bonds is 10. The molecule has 6 rings (SSSR count). The van der Waals surface area contributed by atoms with Gasteiger partial charge in [-0.05, 0) is 72.6 Å². The molecule has 2 aromatic heterocycles. The quantitative estimate of drug-likeness (QED) is 0.213. The zero-order valence-corrected chi connectivity index (χ0v) is 25.1. The van der Waals surface area contributed by atoms with E-state index in [0.29, 0.717) is 60.7 Å². The van der Waals surface area contributed by atoms with Gasteiger partial charge in [0, 0.05) is 36.8 Å². The van der Waals surface area contributed by atoms with Crippen LogP contribution in [-0.4, -0.2) is 51.8 Å². The van der Waals surface area contributed by atoms with Gasteiger partial charge in [-0.2, -0.15) is 13.9 Å². The fourth-order valence-corrected chi connectivity index (χ4v) is 5.11. The monoisotopic (exact) mass is 627 g/mol. The molecule has 5 aromatic rings. The molecule has 3 heterocycles. The highest BCUT2D eigenvalue weighted by Gasteiger charge is 2.35. The maximum atomic E-state index is 13.8. The third-order valence-electron chi connectivity index (χ3n) is 7.44. The Morgan fingerprint density at radius 1 is 1.00 bits per heavy atom. The minimum Gasteiger partial charge on any atom is -0.486 e. The van der Waals surface area contributed by atoms with Gasteiger partial charge in [0.2, 0.25) is 0 Å². The lowest BCUT2D eigenvalue weighted by Gasteiger charge is -2.28. The van der Waals surface area contributed by atoms with Gasteiger partial charge in [0.05, 0.1) is 23.4 Å². The Kier molecular flexibility index (Phi) is 8.51. The van der Waals surface area contributed by atoms with Crippen LogP contribution >= 0.6 is 0 Å². The van der Waals surface area contributed by atoms with Gasteiger partial charge in [-0.1, -0.05) is 18.2 Å². The number of amides is 2. The molecule has 0 spiro atoms. The Labute approximate surface area is 263 Å². The van der Waals surface area contributed by atoms with E-state index in [-0.39, 0.29) is 5.91 Å². The summed E-state index contributed by atoms with van der Waals surface area (Å²) in [4.78, 5) is 29.1. The van der Waals surface area contributed by atoms with Crippen molar-refractivity contribution in [1.82, 2.24) is 25.4 Å². The molecule has 2 atom stereocenters. The van der Waals surface area contributed by atoms with Crippen LogP contribution in [0.4, 0.5) is 8.78 Å². The van der Waals surface area contributed by atoms with E-state index in [1.807, 2.05) is 24.3 Å². The number of carbonyl (C=O) groups is 2. The Balaban J connectivity index is 1.24. The van der Waals surface area contributed by atoms with Crippen molar-refractivity contribution in [2.45, 2.75) is 38.5 Å². The van der Waals surface area contributed by atoms with Crippen LogP contribution in [-0.2, 0) is 11.3 Å². The number of hydrogen-bond acceptors (Lipinski definition) is 7. The third-order valence-corrected chi connectivity index (χ3v) is 7.44. The molecule has 0 fully saturated rings. The van der Waals surface area contributed by atoms with Crippen molar-refractivity contribution in [1.29, 1.82) is 0 Å². The minimum absolute atomic E-state index is 0.231. The van der Waals surface area contributed by atoms with E-state index >= 15 is 0 Å². The second kappa shape index (κ2) is 12.8. The Morgan fingerprint density at radius 3 is 2.61 bits per heavy atom. The number of nitrogens with one attached hydrogen (secondary N) is 2. The second-order valence-corrected chi connectivity index (χ2v) is 11.0. The van der Waals surface area contributed by atoms with Crippen molar-refractivity contribution >= 4 is 22.7 Å². The predicted octanol–water partition coefficient (Wildman–Crippen LogP) is 5.40. The van der Waals surface area contributed by atoms with E-state index in [0.717, 1.165) is 16.5 Å². The first kappa shape index (κ1) is 30.5. The summed E-state index contributed by atoms with van der Waals surface area (Å²) in [6.07, 6.45) is 4.19. The molecule has 236 valence electrons. The Morgan fingerprint density at radius 2 is 1.83 bits per heavy atom. The highest BCUT2D eigenvalue weighted by molar-refractivity contribution is 5.95. The first-order chi connectivity index (χ1) is 22.2. The fourth-order valence-electron chi connectivity index (χ4n) is 5.11. The van der Waals surface area contributed by atoms with Crippen LogP contribution in [0.1, 0.15) is 41.4 Å². The Bertz CT molecular complexity index is 1880. The maximum absolute atomic E-state index is 13.8. The van der Waals surface area contributed by atoms with Crippen molar-refractivity contribution in [2.24, 2.45) is 0 Å². The second-order valence-electron chi connectivity index (χ2n) is 11.0. The van der Waals surface area contributed by atoms with Crippen molar-refractivity contribution in [3.05, 3.63) is 108 Å². The number of nitrogens with zero attached hydrogens (tertiary/aromatic N) is 3. The normalized spacial score (nSPS) is 13.9. The molecule has 0 aliphatic carbocycles. The standard InChI is InChI=1S/C34H31F2N5O5/c1-21(40-33(43)34(2,35)36)31(23-8-11-29-30(17-23)45-14-13-44-29)46-27-9-10-28-25(16-27)20-39-41(28)26-7-3-6-24(15-26)32(42)38-19-22-5-4-12-37-18-22/h3-12,15-18,20-21,31H,13-14,19H2,1-2H3,(H,38,42)(H,40,43)/t21-,31-/m0/s1. The van der Waals surface area contributed by atoms with Crippen LogP contribution in [0.3, 0.4) is 0 Å². The van der Waals surface area contributed by atoms with Crippen molar-refractivity contribution in [3.8, 4) is 22.9 Å².